The van der Waals surface area contributed by atoms with E-state index in [9.17, 15) is 10.1 Å². The van der Waals surface area contributed by atoms with Crippen molar-refractivity contribution in [1.82, 2.24) is 19.8 Å². The lowest BCUT2D eigenvalue weighted by Gasteiger charge is -2.37. The molecule has 1 aromatic heterocycles. The van der Waals surface area contributed by atoms with Crippen LogP contribution in [0.4, 0.5) is 11.5 Å². The van der Waals surface area contributed by atoms with E-state index >= 15 is 0 Å². The molecule has 0 unspecified atom stereocenters. The van der Waals surface area contributed by atoms with Crippen LogP contribution in [0.25, 0.3) is 10.8 Å². The van der Waals surface area contributed by atoms with E-state index in [1.54, 1.807) is 4.90 Å². The van der Waals surface area contributed by atoms with Gasteiger partial charge in [-0.05, 0) is 49.9 Å². The van der Waals surface area contributed by atoms with Gasteiger partial charge >= 0.3 is 6.01 Å². The van der Waals surface area contributed by atoms with Crippen LogP contribution < -0.4 is 14.5 Å². The topological polar surface area (TPSA) is 98.1 Å². The van der Waals surface area contributed by atoms with Crippen LogP contribution in [0.2, 0.25) is 5.02 Å². The number of fused-ring (bicyclic) bond motifs is 2. The number of aromatic nitrogens is 2. The van der Waals surface area contributed by atoms with Crippen molar-refractivity contribution in [2.45, 2.75) is 44.4 Å². The zero-order chi connectivity index (χ0) is 31.8. The van der Waals surface area contributed by atoms with Crippen LogP contribution in [0, 0.1) is 17.2 Å². The number of amides is 1. The fraction of sp³-hybridized carbons (Fsp3) is 0.429. The summed E-state index contributed by atoms with van der Waals surface area (Å²) in [5.74, 6) is 0.753. The van der Waals surface area contributed by atoms with Crippen molar-refractivity contribution in [3.63, 3.8) is 0 Å². The van der Waals surface area contributed by atoms with E-state index < -0.39 is 0 Å². The fourth-order valence-electron chi connectivity index (χ4n) is 6.89. The van der Waals surface area contributed by atoms with Crippen LogP contribution in [-0.4, -0.2) is 84.3 Å². The van der Waals surface area contributed by atoms with Crippen molar-refractivity contribution < 1.29 is 14.3 Å². The zero-order valence-electron chi connectivity index (χ0n) is 26.1. The molecule has 2 aromatic carbocycles. The Hall–Kier alpha value is -4.17. The van der Waals surface area contributed by atoms with E-state index in [4.69, 9.17) is 31.0 Å². The van der Waals surface area contributed by atoms with Crippen LogP contribution in [0.1, 0.15) is 30.5 Å². The number of carbonyl (C=O) groups excluding carboxylic acids is 1. The Morgan fingerprint density at radius 2 is 2.02 bits per heavy atom. The zero-order valence-corrected chi connectivity index (χ0v) is 26.8. The maximum Gasteiger partial charge on any atom is 0.319 e. The Kier molecular flexibility index (Phi) is 8.56. The molecule has 2 atom stereocenters. The van der Waals surface area contributed by atoms with E-state index in [1.165, 1.54) is 18.9 Å². The van der Waals surface area contributed by atoms with E-state index in [1.807, 2.05) is 23.2 Å². The Bertz CT molecular complexity index is 1730. The van der Waals surface area contributed by atoms with Crippen LogP contribution in [0.3, 0.4) is 0 Å². The van der Waals surface area contributed by atoms with Crippen LogP contribution >= 0.6 is 11.6 Å². The summed E-state index contributed by atoms with van der Waals surface area (Å²) in [7, 11) is 2.18. The number of halogens is 1. The first kappa shape index (κ1) is 30.5. The molecule has 238 valence electrons. The Morgan fingerprint density at radius 3 is 2.80 bits per heavy atom. The van der Waals surface area contributed by atoms with Gasteiger partial charge in [0.25, 0.3) is 0 Å². The highest BCUT2D eigenvalue weighted by atomic mass is 35.5. The third-order valence-corrected chi connectivity index (χ3v) is 9.79. The molecule has 1 saturated heterocycles. The number of ether oxygens (including phenoxy) is 2. The van der Waals surface area contributed by atoms with Crippen LogP contribution in [-0.2, 0) is 22.5 Å². The van der Waals surface area contributed by atoms with Gasteiger partial charge in [0, 0.05) is 61.0 Å². The van der Waals surface area contributed by atoms with Gasteiger partial charge in [0.1, 0.15) is 11.9 Å². The Balaban J connectivity index is 1.25. The van der Waals surface area contributed by atoms with Gasteiger partial charge in [0.15, 0.2) is 0 Å². The van der Waals surface area contributed by atoms with E-state index in [-0.39, 0.29) is 24.3 Å². The first-order valence-corrected chi connectivity index (χ1v) is 16.4. The van der Waals surface area contributed by atoms with E-state index in [0.29, 0.717) is 57.0 Å². The van der Waals surface area contributed by atoms with Gasteiger partial charge in [-0.15, -0.1) is 0 Å². The third-order valence-electron chi connectivity index (χ3n) is 9.47. The van der Waals surface area contributed by atoms with Crippen molar-refractivity contribution in [2.75, 3.05) is 56.2 Å². The SMILES string of the molecule is C=CC(=O)N1CCN(c2nc(O[C@@H]3COC[C@H]3CN(C)C3CC3)nc3c2CCN(c2cccc4cccc(Cl)c24)C3)C=C1CC#N. The molecule has 10 nitrogen and oxygen atoms in total. The predicted octanol–water partition coefficient (Wildman–Crippen LogP) is 4.92. The van der Waals surface area contributed by atoms with Gasteiger partial charge in [0.2, 0.25) is 5.91 Å². The van der Waals surface area contributed by atoms with E-state index in [2.05, 4.69) is 53.8 Å². The minimum absolute atomic E-state index is 0.0952. The summed E-state index contributed by atoms with van der Waals surface area (Å²) in [5, 5.41) is 12.4. The Labute approximate surface area is 274 Å². The summed E-state index contributed by atoms with van der Waals surface area (Å²) in [6, 6.07) is 15.4. The predicted molar refractivity (Wildman–Crippen MR) is 178 cm³/mol. The van der Waals surface area contributed by atoms with Gasteiger partial charge < -0.3 is 29.1 Å². The highest BCUT2D eigenvalue weighted by Crippen LogP contribution is 2.38. The summed E-state index contributed by atoms with van der Waals surface area (Å²) in [6.45, 7) is 7.93. The number of nitrogens with zero attached hydrogens (tertiary/aromatic N) is 7. The van der Waals surface area contributed by atoms with Gasteiger partial charge in [-0.1, -0.05) is 42.4 Å². The van der Waals surface area contributed by atoms with Gasteiger partial charge in [-0.2, -0.15) is 15.2 Å². The number of rotatable bonds is 9. The maximum absolute atomic E-state index is 12.6. The monoisotopic (exact) mass is 639 g/mol. The quantitative estimate of drug-likeness (QED) is 0.302. The highest BCUT2D eigenvalue weighted by molar-refractivity contribution is 6.36. The fourth-order valence-corrected chi connectivity index (χ4v) is 7.17. The number of nitriles is 1. The number of anilines is 2. The lowest BCUT2D eigenvalue weighted by molar-refractivity contribution is -0.124. The third kappa shape index (κ3) is 6.03. The molecule has 0 radical (unpaired) electrons. The second-order valence-electron chi connectivity index (χ2n) is 12.5. The number of hydrogen-bond donors (Lipinski definition) is 0. The molecule has 1 amide bonds. The lowest BCUT2D eigenvalue weighted by atomic mass is 10.0. The minimum Gasteiger partial charge on any atom is -0.457 e. The molecule has 4 aliphatic rings. The summed E-state index contributed by atoms with van der Waals surface area (Å²) in [4.78, 5) is 31.0. The molecular weight excluding hydrogens is 602 g/mol. The first-order valence-electron chi connectivity index (χ1n) is 16.0. The number of allylic oxidation sites excluding steroid dienone is 1. The van der Waals surface area contributed by atoms with Crippen LogP contribution in [0.5, 0.6) is 6.01 Å². The molecular formula is C35H38ClN7O3. The molecule has 3 aliphatic heterocycles. The van der Waals surface area contributed by atoms with Crippen molar-refractivity contribution >= 4 is 39.8 Å². The Morgan fingerprint density at radius 1 is 1.20 bits per heavy atom. The van der Waals surface area contributed by atoms with E-state index in [0.717, 1.165) is 51.6 Å². The van der Waals surface area contributed by atoms with Gasteiger partial charge in [-0.25, -0.2) is 0 Å². The second-order valence-corrected chi connectivity index (χ2v) is 12.9. The molecule has 1 saturated carbocycles. The number of carbonyl (C=O) groups is 1. The second kappa shape index (κ2) is 12.9. The highest BCUT2D eigenvalue weighted by Gasteiger charge is 2.36. The van der Waals surface area contributed by atoms with Crippen LogP contribution in [0.15, 0.2) is 61.0 Å². The standard InChI is InChI=1S/C35H38ClN7O3/c1-3-32(44)43-17-16-42(19-26(43)12-14-37)34-27-13-15-41(30-9-5-7-23-6-4-8-28(36)33(23)30)20-29(27)38-35(39-34)46-31-22-45-21-24(31)18-40(2)25-10-11-25/h3-9,19,24-25,31H,1,10-13,15-18,20-22H2,2H3/t24-,31-/m1/s1. The van der Waals surface area contributed by atoms with Gasteiger partial charge in [0.05, 0.1) is 48.7 Å². The first-order chi connectivity index (χ1) is 22.4. The summed E-state index contributed by atoms with van der Waals surface area (Å²) in [5.41, 5.74) is 3.61. The molecule has 46 heavy (non-hydrogen) atoms. The molecule has 1 aliphatic carbocycles. The summed E-state index contributed by atoms with van der Waals surface area (Å²) >= 11 is 6.73. The minimum atomic E-state index is -0.220. The molecule has 0 N–H and O–H groups in total. The molecule has 7 rings (SSSR count). The maximum atomic E-state index is 12.6. The summed E-state index contributed by atoms with van der Waals surface area (Å²) < 4.78 is 12.5. The normalized spacial score (nSPS) is 21.3. The smallest absolute Gasteiger partial charge is 0.319 e. The molecule has 0 bridgehead atoms. The number of hydrogen-bond acceptors (Lipinski definition) is 9. The molecule has 4 heterocycles. The molecule has 2 fully saturated rings. The molecule has 3 aromatic rings. The average molecular weight is 640 g/mol. The largest absolute Gasteiger partial charge is 0.457 e. The van der Waals surface area contributed by atoms with Crippen molar-refractivity contribution in [3.8, 4) is 12.1 Å². The summed E-state index contributed by atoms with van der Waals surface area (Å²) in [6.07, 6.45) is 6.29. The van der Waals surface area contributed by atoms with Crippen molar-refractivity contribution in [1.29, 1.82) is 5.26 Å². The van der Waals surface area contributed by atoms with Crippen molar-refractivity contribution in [2.24, 2.45) is 5.92 Å². The average Bonchev–Trinajstić information content (AvgIpc) is 3.85. The molecule has 11 heteroatoms. The van der Waals surface area contributed by atoms with Crippen molar-refractivity contribution in [3.05, 3.63) is 77.2 Å². The van der Waals surface area contributed by atoms with Gasteiger partial charge in [-0.3, -0.25) is 4.79 Å². The lowest BCUT2D eigenvalue weighted by Crippen LogP contribution is -2.42. The number of benzene rings is 2. The molecule has 0 spiro atoms.